The summed E-state index contributed by atoms with van der Waals surface area (Å²) in [5.41, 5.74) is 1.63. The first kappa shape index (κ1) is 15.1. The van der Waals surface area contributed by atoms with Crippen LogP contribution in [0.5, 0.6) is 0 Å². The molecule has 0 fully saturated rings. The maximum absolute atomic E-state index is 10.8. The Bertz CT molecular complexity index is 665. The minimum atomic E-state index is -0.423. The zero-order valence-electron chi connectivity index (χ0n) is 10.1. The van der Waals surface area contributed by atoms with Gasteiger partial charge in [-0.25, -0.2) is 0 Å². The summed E-state index contributed by atoms with van der Waals surface area (Å²) in [5, 5.41) is 14.9. The summed E-state index contributed by atoms with van der Waals surface area (Å²) in [5.74, 6) is 0. The number of anilines is 1. The molecule has 104 valence electrons. The lowest BCUT2D eigenvalue weighted by Crippen LogP contribution is -2.00. The second kappa shape index (κ2) is 6.43. The first-order valence-corrected chi connectivity index (χ1v) is 7.13. The number of hydrogen-bond acceptors (Lipinski definition) is 3. The molecule has 0 bridgehead atoms. The highest BCUT2D eigenvalue weighted by atomic mass is 79.9. The maximum Gasteiger partial charge on any atom is 0.270 e. The summed E-state index contributed by atoms with van der Waals surface area (Å²) in [4.78, 5) is 10.4. The Labute approximate surface area is 134 Å². The molecule has 0 atom stereocenters. The highest BCUT2D eigenvalue weighted by molar-refractivity contribution is 9.10. The smallest absolute Gasteiger partial charge is 0.270 e. The van der Waals surface area contributed by atoms with Gasteiger partial charge in [0.15, 0.2) is 0 Å². The Morgan fingerprint density at radius 1 is 1.15 bits per heavy atom. The number of benzene rings is 2. The average molecular weight is 376 g/mol. The lowest BCUT2D eigenvalue weighted by atomic mass is 10.2. The van der Waals surface area contributed by atoms with E-state index in [1.807, 2.05) is 6.07 Å². The molecule has 4 nitrogen and oxygen atoms in total. The van der Waals surface area contributed by atoms with Crippen LogP contribution in [0.2, 0.25) is 10.0 Å². The summed E-state index contributed by atoms with van der Waals surface area (Å²) in [6.07, 6.45) is 0. The van der Waals surface area contributed by atoms with Gasteiger partial charge in [0, 0.05) is 28.8 Å². The third-order valence-electron chi connectivity index (χ3n) is 2.57. The molecule has 0 aliphatic heterocycles. The molecule has 2 rings (SSSR count). The molecule has 2 aromatic rings. The van der Waals surface area contributed by atoms with Crippen LogP contribution in [0.3, 0.4) is 0 Å². The van der Waals surface area contributed by atoms with E-state index < -0.39 is 4.92 Å². The van der Waals surface area contributed by atoms with Crippen LogP contribution in [-0.4, -0.2) is 4.92 Å². The van der Waals surface area contributed by atoms with Crippen LogP contribution in [0.4, 0.5) is 11.4 Å². The van der Waals surface area contributed by atoms with E-state index in [1.165, 1.54) is 12.1 Å². The minimum absolute atomic E-state index is 0.0466. The number of non-ortho nitro benzene ring substituents is 1. The van der Waals surface area contributed by atoms with Gasteiger partial charge in [-0.15, -0.1) is 0 Å². The van der Waals surface area contributed by atoms with Crippen molar-refractivity contribution < 1.29 is 4.92 Å². The molecular formula is C13H9BrCl2N2O2. The van der Waals surface area contributed by atoms with Crippen molar-refractivity contribution in [2.24, 2.45) is 0 Å². The molecule has 20 heavy (non-hydrogen) atoms. The number of nitrogens with zero attached hydrogens (tertiary/aromatic N) is 1. The number of nitrogens with one attached hydrogen (secondary N) is 1. The van der Waals surface area contributed by atoms with Crippen LogP contribution in [0, 0.1) is 10.1 Å². The van der Waals surface area contributed by atoms with Crippen molar-refractivity contribution in [3.05, 3.63) is 66.6 Å². The minimum Gasteiger partial charge on any atom is -0.381 e. The van der Waals surface area contributed by atoms with E-state index in [-0.39, 0.29) is 5.69 Å². The number of hydrogen-bond donors (Lipinski definition) is 1. The standard InChI is InChI=1S/C13H9BrCl2N2O2/c14-9-3-8(4-11(5-9)18(19)20)7-17-10-1-2-12(15)13(16)6-10/h1-6,17H,7H2. The third kappa shape index (κ3) is 3.85. The molecule has 0 saturated carbocycles. The highest BCUT2D eigenvalue weighted by Crippen LogP contribution is 2.26. The molecule has 2 aromatic carbocycles. The van der Waals surface area contributed by atoms with Crippen molar-refractivity contribution in [1.29, 1.82) is 0 Å². The van der Waals surface area contributed by atoms with Crippen molar-refractivity contribution in [3.8, 4) is 0 Å². The van der Waals surface area contributed by atoms with Gasteiger partial charge in [-0.1, -0.05) is 39.1 Å². The molecule has 0 unspecified atom stereocenters. The van der Waals surface area contributed by atoms with Crippen LogP contribution in [0.25, 0.3) is 0 Å². The molecule has 7 heteroatoms. The normalized spacial score (nSPS) is 10.3. The van der Waals surface area contributed by atoms with Crippen molar-refractivity contribution in [2.45, 2.75) is 6.54 Å². The topological polar surface area (TPSA) is 55.2 Å². The van der Waals surface area contributed by atoms with E-state index in [2.05, 4.69) is 21.2 Å². The summed E-state index contributed by atoms with van der Waals surface area (Å²) < 4.78 is 0.664. The Hall–Kier alpha value is -1.30. The van der Waals surface area contributed by atoms with Crippen LogP contribution in [-0.2, 0) is 6.54 Å². The van der Waals surface area contributed by atoms with Crippen molar-refractivity contribution in [3.63, 3.8) is 0 Å². The second-order valence-corrected chi connectivity index (χ2v) is 5.79. The van der Waals surface area contributed by atoms with Crippen molar-refractivity contribution in [1.82, 2.24) is 0 Å². The largest absolute Gasteiger partial charge is 0.381 e. The highest BCUT2D eigenvalue weighted by Gasteiger charge is 2.08. The van der Waals surface area contributed by atoms with E-state index in [4.69, 9.17) is 23.2 Å². The van der Waals surface area contributed by atoms with Crippen LogP contribution in [0.1, 0.15) is 5.56 Å². The molecular weight excluding hydrogens is 367 g/mol. The number of rotatable bonds is 4. The molecule has 0 radical (unpaired) electrons. The summed E-state index contributed by atoms with van der Waals surface area (Å²) >= 11 is 15.0. The quantitative estimate of drug-likeness (QED) is 0.584. The number of halogens is 3. The molecule has 0 amide bonds. The summed E-state index contributed by atoms with van der Waals surface area (Å²) in [6, 6.07) is 9.99. The lowest BCUT2D eigenvalue weighted by molar-refractivity contribution is -0.385. The van der Waals surface area contributed by atoms with Crippen molar-refractivity contribution >= 4 is 50.5 Å². The van der Waals surface area contributed by atoms with Crippen LogP contribution in [0.15, 0.2) is 40.9 Å². The first-order chi connectivity index (χ1) is 9.45. The van der Waals surface area contributed by atoms with Gasteiger partial charge in [0.1, 0.15) is 0 Å². The molecule has 0 aliphatic carbocycles. The molecule has 0 spiro atoms. The van der Waals surface area contributed by atoms with E-state index >= 15 is 0 Å². The number of nitro benzene ring substituents is 1. The zero-order valence-corrected chi connectivity index (χ0v) is 13.2. The van der Waals surface area contributed by atoms with E-state index in [0.29, 0.717) is 21.1 Å². The van der Waals surface area contributed by atoms with Crippen molar-refractivity contribution in [2.75, 3.05) is 5.32 Å². The van der Waals surface area contributed by atoms with Crippen LogP contribution < -0.4 is 5.32 Å². The molecule has 0 saturated heterocycles. The molecule has 1 N–H and O–H groups in total. The predicted molar refractivity (Wildman–Crippen MR) is 84.6 cm³/mol. The van der Waals surface area contributed by atoms with Gasteiger partial charge < -0.3 is 5.32 Å². The maximum atomic E-state index is 10.8. The van der Waals surface area contributed by atoms with E-state index in [1.54, 1.807) is 18.2 Å². The summed E-state index contributed by atoms with van der Waals surface area (Å²) in [7, 11) is 0. The fraction of sp³-hybridized carbons (Fsp3) is 0.0769. The zero-order chi connectivity index (χ0) is 14.7. The summed E-state index contributed by atoms with van der Waals surface area (Å²) in [6.45, 7) is 0.443. The van der Waals surface area contributed by atoms with Gasteiger partial charge in [-0.2, -0.15) is 0 Å². The van der Waals surface area contributed by atoms with E-state index in [9.17, 15) is 10.1 Å². The predicted octanol–water partition coefficient (Wildman–Crippen LogP) is 5.28. The molecule has 0 aromatic heterocycles. The fourth-order valence-electron chi connectivity index (χ4n) is 1.65. The SMILES string of the molecule is O=[N+]([O-])c1cc(Br)cc(CNc2ccc(Cl)c(Cl)c2)c1. The van der Waals surface area contributed by atoms with Gasteiger partial charge in [-0.3, -0.25) is 10.1 Å². The van der Waals surface area contributed by atoms with E-state index in [0.717, 1.165) is 11.3 Å². The Kier molecular flexibility index (Phi) is 4.86. The van der Waals surface area contributed by atoms with Gasteiger partial charge in [0.2, 0.25) is 0 Å². The van der Waals surface area contributed by atoms with Gasteiger partial charge in [0.25, 0.3) is 5.69 Å². The first-order valence-electron chi connectivity index (χ1n) is 5.58. The van der Waals surface area contributed by atoms with Gasteiger partial charge >= 0.3 is 0 Å². The number of nitro groups is 1. The van der Waals surface area contributed by atoms with Crippen LogP contribution >= 0.6 is 39.1 Å². The van der Waals surface area contributed by atoms with Gasteiger partial charge in [0.05, 0.1) is 15.0 Å². The van der Waals surface area contributed by atoms with Gasteiger partial charge in [-0.05, 0) is 29.8 Å². The fourth-order valence-corrected chi connectivity index (χ4v) is 2.48. The Morgan fingerprint density at radius 2 is 1.90 bits per heavy atom. The molecule has 0 aliphatic rings. The monoisotopic (exact) mass is 374 g/mol. The molecule has 0 heterocycles. The Balaban J connectivity index is 2.14. The second-order valence-electron chi connectivity index (χ2n) is 4.06. The average Bonchev–Trinajstić information content (AvgIpc) is 2.39. The third-order valence-corrected chi connectivity index (χ3v) is 3.77. The lowest BCUT2D eigenvalue weighted by Gasteiger charge is -2.08. The Morgan fingerprint density at radius 3 is 2.55 bits per heavy atom.